The number of hydrogen-bond acceptors (Lipinski definition) is 2. The minimum Gasteiger partial charge on any atom is -0.357 e. The molecule has 0 saturated carbocycles. The van der Waals surface area contributed by atoms with Crippen LogP contribution in [0.1, 0.15) is 39.8 Å². The first-order chi connectivity index (χ1) is 9.31. The number of aromatic amines is 1. The molecule has 2 aromatic rings. The van der Waals surface area contributed by atoms with Crippen molar-refractivity contribution in [3.63, 3.8) is 0 Å². The highest BCUT2D eigenvalue weighted by Gasteiger charge is 1.96. The van der Waals surface area contributed by atoms with Gasteiger partial charge < -0.3 is 16.0 Å². The van der Waals surface area contributed by atoms with Gasteiger partial charge in [0, 0.05) is 17.8 Å². The minimum absolute atomic E-state index is 0.898. The Kier molecular flexibility index (Phi) is 15.5. The van der Waals surface area contributed by atoms with Crippen molar-refractivity contribution in [2.75, 3.05) is 14.1 Å². The largest absolute Gasteiger partial charge is 0.357 e. The standard InChI is InChI=1S/C10H12N2.C3H8.C2H6.CH5N/c1-11-7-9-6-8-4-2-3-5-10(8)12-9;1-3-2;2*1-2/h2-6,11-12H,7H2,1H3;3H2,1-2H3;1-2H3;2H2,1H3. The number of rotatable bonds is 2. The molecule has 3 heteroatoms. The van der Waals surface area contributed by atoms with Gasteiger partial charge in [-0.1, -0.05) is 52.3 Å². The van der Waals surface area contributed by atoms with Crippen LogP contribution >= 0.6 is 0 Å². The number of para-hydroxylation sites is 1. The van der Waals surface area contributed by atoms with E-state index in [1.807, 2.05) is 27.0 Å². The van der Waals surface area contributed by atoms with Crippen LogP contribution in [-0.4, -0.2) is 19.1 Å². The summed E-state index contributed by atoms with van der Waals surface area (Å²) in [6.07, 6.45) is 1.25. The summed E-state index contributed by atoms with van der Waals surface area (Å²) < 4.78 is 0. The second kappa shape index (κ2) is 14.7. The topological polar surface area (TPSA) is 53.8 Å². The second-order valence-corrected chi connectivity index (χ2v) is 3.62. The molecule has 4 N–H and O–H groups in total. The van der Waals surface area contributed by atoms with Crippen LogP contribution in [-0.2, 0) is 6.54 Å². The summed E-state index contributed by atoms with van der Waals surface area (Å²) in [5.41, 5.74) is 6.95. The molecule has 0 radical (unpaired) electrons. The summed E-state index contributed by atoms with van der Waals surface area (Å²) in [7, 11) is 3.45. The van der Waals surface area contributed by atoms with Gasteiger partial charge in [0.25, 0.3) is 0 Å². The molecule has 1 aromatic heterocycles. The molecule has 0 unspecified atom stereocenters. The molecule has 0 aliphatic carbocycles. The van der Waals surface area contributed by atoms with E-state index in [2.05, 4.69) is 54.1 Å². The summed E-state index contributed by atoms with van der Waals surface area (Å²) in [6, 6.07) is 10.5. The molecule has 0 bridgehead atoms. The number of aromatic nitrogens is 1. The molecule has 0 spiro atoms. The highest BCUT2D eigenvalue weighted by Crippen LogP contribution is 2.13. The molecule has 0 amide bonds. The van der Waals surface area contributed by atoms with E-state index in [0.29, 0.717) is 0 Å². The van der Waals surface area contributed by atoms with Gasteiger partial charge in [-0.2, -0.15) is 0 Å². The molecule has 2 rings (SSSR count). The predicted molar refractivity (Wildman–Crippen MR) is 88.5 cm³/mol. The number of hydrogen-bond donors (Lipinski definition) is 3. The molecule has 110 valence electrons. The Morgan fingerprint density at radius 3 is 2.11 bits per heavy atom. The van der Waals surface area contributed by atoms with Crippen LogP contribution in [0.4, 0.5) is 0 Å². The summed E-state index contributed by atoms with van der Waals surface area (Å²) in [4.78, 5) is 3.33. The van der Waals surface area contributed by atoms with Crippen LogP contribution < -0.4 is 11.1 Å². The van der Waals surface area contributed by atoms with Gasteiger partial charge in [-0.15, -0.1) is 0 Å². The number of benzene rings is 1. The Morgan fingerprint density at radius 1 is 1.11 bits per heavy atom. The molecule has 3 nitrogen and oxygen atoms in total. The predicted octanol–water partition coefficient (Wildman–Crippen LogP) is 3.90. The molecule has 19 heavy (non-hydrogen) atoms. The lowest BCUT2D eigenvalue weighted by molar-refractivity contribution is 0.800. The highest BCUT2D eigenvalue weighted by atomic mass is 14.9. The average molecular weight is 265 g/mol. The van der Waals surface area contributed by atoms with E-state index in [-0.39, 0.29) is 0 Å². The zero-order valence-corrected chi connectivity index (χ0v) is 13.4. The summed E-state index contributed by atoms with van der Waals surface area (Å²) in [6.45, 7) is 9.15. The van der Waals surface area contributed by atoms with Gasteiger partial charge in [0.1, 0.15) is 0 Å². The van der Waals surface area contributed by atoms with E-state index in [0.717, 1.165) is 6.54 Å². The van der Waals surface area contributed by atoms with Gasteiger partial charge in [0.2, 0.25) is 0 Å². The van der Waals surface area contributed by atoms with E-state index in [1.165, 1.54) is 30.1 Å². The Hall–Kier alpha value is -1.32. The number of nitrogens with two attached hydrogens (primary N) is 1. The zero-order valence-electron chi connectivity index (χ0n) is 13.4. The van der Waals surface area contributed by atoms with Crippen molar-refractivity contribution in [1.29, 1.82) is 0 Å². The number of nitrogens with one attached hydrogen (secondary N) is 2. The van der Waals surface area contributed by atoms with Crippen molar-refractivity contribution in [3.8, 4) is 0 Å². The van der Waals surface area contributed by atoms with Crippen molar-refractivity contribution in [2.24, 2.45) is 5.73 Å². The van der Waals surface area contributed by atoms with E-state index in [4.69, 9.17) is 0 Å². The van der Waals surface area contributed by atoms with Crippen molar-refractivity contribution >= 4 is 10.9 Å². The molecular formula is C16H31N3. The molecule has 0 atom stereocenters. The average Bonchev–Trinajstić information content (AvgIpc) is 2.87. The van der Waals surface area contributed by atoms with Gasteiger partial charge >= 0.3 is 0 Å². The van der Waals surface area contributed by atoms with E-state index < -0.39 is 0 Å². The van der Waals surface area contributed by atoms with Gasteiger partial charge in [0.05, 0.1) is 0 Å². The lowest BCUT2D eigenvalue weighted by Gasteiger charge is -1.91. The maximum Gasteiger partial charge on any atom is 0.0456 e. The Morgan fingerprint density at radius 2 is 1.63 bits per heavy atom. The molecule has 0 fully saturated rings. The lowest BCUT2D eigenvalue weighted by atomic mass is 10.2. The first kappa shape index (κ1) is 20.0. The van der Waals surface area contributed by atoms with Crippen LogP contribution in [0.5, 0.6) is 0 Å². The van der Waals surface area contributed by atoms with Gasteiger partial charge in [-0.25, -0.2) is 0 Å². The number of H-pyrrole nitrogens is 1. The summed E-state index contributed by atoms with van der Waals surface area (Å²) >= 11 is 0. The Labute approximate surface area is 118 Å². The second-order valence-electron chi connectivity index (χ2n) is 3.62. The van der Waals surface area contributed by atoms with Gasteiger partial charge in [0.15, 0.2) is 0 Å². The van der Waals surface area contributed by atoms with E-state index in [9.17, 15) is 0 Å². The van der Waals surface area contributed by atoms with Crippen molar-refractivity contribution in [3.05, 3.63) is 36.0 Å². The normalized spacial score (nSPS) is 8.37. The van der Waals surface area contributed by atoms with Gasteiger partial charge in [-0.05, 0) is 31.6 Å². The Balaban J connectivity index is 0. The first-order valence-corrected chi connectivity index (χ1v) is 7.10. The fourth-order valence-electron chi connectivity index (χ4n) is 1.42. The zero-order chi connectivity index (χ0) is 15.1. The highest BCUT2D eigenvalue weighted by molar-refractivity contribution is 5.80. The third kappa shape index (κ3) is 8.41. The maximum atomic E-state index is 4.50. The minimum atomic E-state index is 0.898. The van der Waals surface area contributed by atoms with Crippen molar-refractivity contribution < 1.29 is 0 Å². The van der Waals surface area contributed by atoms with Crippen molar-refractivity contribution in [2.45, 2.75) is 40.7 Å². The fourth-order valence-corrected chi connectivity index (χ4v) is 1.42. The van der Waals surface area contributed by atoms with Gasteiger partial charge in [-0.3, -0.25) is 0 Å². The third-order valence-corrected chi connectivity index (χ3v) is 1.95. The summed E-state index contributed by atoms with van der Waals surface area (Å²) in [5, 5.41) is 4.39. The molecule has 1 heterocycles. The fraction of sp³-hybridized carbons (Fsp3) is 0.500. The lowest BCUT2D eigenvalue weighted by Crippen LogP contribution is -2.04. The Bertz CT molecular complexity index is 361. The summed E-state index contributed by atoms with van der Waals surface area (Å²) in [5.74, 6) is 0. The van der Waals surface area contributed by atoms with E-state index >= 15 is 0 Å². The molecule has 0 aliphatic rings. The smallest absolute Gasteiger partial charge is 0.0456 e. The molecule has 0 aliphatic heterocycles. The quantitative estimate of drug-likeness (QED) is 0.771. The monoisotopic (exact) mass is 265 g/mol. The van der Waals surface area contributed by atoms with Crippen LogP contribution in [0.2, 0.25) is 0 Å². The van der Waals surface area contributed by atoms with Crippen molar-refractivity contribution in [1.82, 2.24) is 10.3 Å². The van der Waals surface area contributed by atoms with Crippen LogP contribution in [0.25, 0.3) is 10.9 Å². The van der Waals surface area contributed by atoms with Crippen LogP contribution in [0, 0.1) is 0 Å². The molecule has 0 saturated heterocycles. The van der Waals surface area contributed by atoms with E-state index in [1.54, 1.807) is 0 Å². The van der Waals surface area contributed by atoms with Crippen LogP contribution in [0.3, 0.4) is 0 Å². The first-order valence-electron chi connectivity index (χ1n) is 7.10. The van der Waals surface area contributed by atoms with Crippen LogP contribution in [0.15, 0.2) is 30.3 Å². The maximum absolute atomic E-state index is 4.50. The number of fused-ring (bicyclic) bond motifs is 1. The third-order valence-electron chi connectivity index (χ3n) is 1.95. The molecule has 1 aromatic carbocycles. The SMILES string of the molecule is CC.CCC.CN.CNCc1cc2ccccc2[nH]1. The molecular weight excluding hydrogens is 234 g/mol.